The van der Waals surface area contributed by atoms with Gasteiger partial charge in [-0.1, -0.05) is 24.8 Å². The van der Waals surface area contributed by atoms with Crippen LogP contribution in [0.4, 0.5) is 0 Å². The van der Waals surface area contributed by atoms with E-state index < -0.39 is 11.8 Å². The van der Waals surface area contributed by atoms with Crippen molar-refractivity contribution in [3.05, 3.63) is 36.9 Å². The fourth-order valence-corrected chi connectivity index (χ4v) is 1.06. The molecule has 17 heavy (non-hydrogen) atoms. The van der Waals surface area contributed by atoms with Crippen molar-refractivity contribution in [1.82, 2.24) is 0 Å². The Morgan fingerprint density at radius 2 is 2.06 bits per heavy atom. The Morgan fingerprint density at radius 3 is 2.59 bits per heavy atom. The van der Waals surface area contributed by atoms with E-state index in [1.54, 1.807) is 24.3 Å². The van der Waals surface area contributed by atoms with E-state index in [0.717, 1.165) is 6.92 Å². The molecule has 0 aliphatic carbocycles. The lowest BCUT2D eigenvalue weighted by Crippen LogP contribution is -2.41. The monoisotopic (exact) mass is 238 g/mol. The summed E-state index contributed by atoms with van der Waals surface area (Å²) in [6, 6.07) is 6.47. The van der Waals surface area contributed by atoms with Gasteiger partial charge < -0.3 is 19.7 Å². The second kappa shape index (κ2) is 5.36. The molecule has 0 aromatic heterocycles. The molecule has 1 atom stereocenters. The quantitative estimate of drug-likeness (QED) is 0.579. The van der Waals surface area contributed by atoms with Crippen molar-refractivity contribution in [2.24, 2.45) is 0 Å². The predicted octanol–water partition coefficient (Wildman–Crippen LogP) is 1.42. The zero-order valence-corrected chi connectivity index (χ0v) is 9.42. The van der Waals surface area contributed by atoms with Gasteiger partial charge in [0.1, 0.15) is 6.61 Å². The van der Waals surface area contributed by atoms with Crippen molar-refractivity contribution in [3.8, 4) is 11.5 Å². The zero-order chi connectivity index (χ0) is 12.9. The van der Waals surface area contributed by atoms with Crippen molar-refractivity contribution in [2.75, 3.05) is 6.61 Å². The van der Waals surface area contributed by atoms with E-state index >= 15 is 0 Å². The summed E-state index contributed by atoms with van der Waals surface area (Å²) >= 11 is 0. The summed E-state index contributed by atoms with van der Waals surface area (Å²) < 4.78 is 10.3. The molecule has 0 heterocycles. The highest BCUT2D eigenvalue weighted by molar-refractivity contribution is 5.75. The summed E-state index contributed by atoms with van der Waals surface area (Å²) in [6.45, 7) is 4.80. The average molecular weight is 238 g/mol. The summed E-state index contributed by atoms with van der Waals surface area (Å²) in [5.74, 6) is -3.28. The van der Waals surface area contributed by atoms with Gasteiger partial charge in [-0.25, -0.2) is 4.79 Å². The van der Waals surface area contributed by atoms with Crippen molar-refractivity contribution in [1.29, 1.82) is 0 Å². The normalized spacial score (nSPS) is 13.5. The second-order valence-corrected chi connectivity index (χ2v) is 3.44. The first-order valence-electron chi connectivity index (χ1n) is 4.95. The van der Waals surface area contributed by atoms with Crippen LogP contribution in [0.3, 0.4) is 0 Å². The first kappa shape index (κ1) is 13.1. The number of hydrogen-bond acceptors (Lipinski definition) is 4. The van der Waals surface area contributed by atoms with Gasteiger partial charge in [0.05, 0.1) is 0 Å². The molecule has 0 radical (unpaired) electrons. The molecule has 1 aromatic carbocycles. The van der Waals surface area contributed by atoms with Crippen LogP contribution in [-0.4, -0.2) is 28.6 Å². The highest BCUT2D eigenvalue weighted by Gasteiger charge is 2.33. The van der Waals surface area contributed by atoms with E-state index in [1.165, 1.54) is 6.07 Å². The number of carboxylic acids is 1. The van der Waals surface area contributed by atoms with Crippen molar-refractivity contribution in [3.63, 3.8) is 0 Å². The third-order valence-corrected chi connectivity index (χ3v) is 1.91. The smallest absolute Gasteiger partial charge is 0.376 e. The molecule has 0 fully saturated rings. The van der Waals surface area contributed by atoms with Crippen LogP contribution in [-0.2, 0) is 4.79 Å². The Labute approximate surface area is 98.9 Å². The fraction of sp³-hybridized carbons (Fsp3) is 0.250. The van der Waals surface area contributed by atoms with E-state index in [9.17, 15) is 9.90 Å². The highest BCUT2D eigenvalue weighted by atomic mass is 16.7. The maximum absolute atomic E-state index is 10.7. The van der Waals surface area contributed by atoms with Crippen LogP contribution < -0.4 is 9.47 Å². The van der Waals surface area contributed by atoms with Gasteiger partial charge in [-0.3, -0.25) is 0 Å². The topological polar surface area (TPSA) is 76.0 Å². The SMILES string of the molecule is C=CCOc1ccccc1OC(C)(O)C(=O)O. The first-order chi connectivity index (χ1) is 7.97. The molecule has 0 amide bonds. The van der Waals surface area contributed by atoms with Crippen LogP contribution in [0.2, 0.25) is 0 Å². The standard InChI is InChI=1S/C12H14O5/c1-3-8-16-9-6-4-5-7-10(9)17-12(2,15)11(13)14/h3-7,15H,1,8H2,2H3,(H,13,14). The van der Waals surface area contributed by atoms with Gasteiger partial charge >= 0.3 is 11.8 Å². The fourth-order valence-electron chi connectivity index (χ4n) is 1.06. The van der Waals surface area contributed by atoms with E-state index in [-0.39, 0.29) is 12.4 Å². The molecule has 0 aliphatic heterocycles. The minimum absolute atomic E-state index is 0.154. The Kier molecular flexibility index (Phi) is 4.12. The summed E-state index contributed by atoms with van der Waals surface area (Å²) in [5.41, 5.74) is 0. The largest absolute Gasteiger partial charge is 0.486 e. The van der Waals surface area contributed by atoms with Crippen LogP contribution in [0, 0.1) is 0 Å². The number of aliphatic hydroxyl groups is 1. The van der Waals surface area contributed by atoms with Gasteiger partial charge in [-0.2, -0.15) is 0 Å². The lowest BCUT2D eigenvalue weighted by molar-refractivity contribution is -0.188. The third kappa shape index (κ3) is 3.49. The molecule has 1 aromatic rings. The van der Waals surface area contributed by atoms with Crippen LogP contribution in [0.25, 0.3) is 0 Å². The van der Waals surface area contributed by atoms with Gasteiger partial charge in [0, 0.05) is 6.92 Å². The molecule has 2 N–H and O–H groups in total. The Hall–Kier alpha value is -2.01. The lowest BCUT2D eigenvalue weighted by Gasteiger charge is -2.21. The van der Waals surface area contributed by atoms with Crippen LogP contribution in [0.15, 0.2) is 36.9 Å². The Bertz CT molecular complexity index is 411. The predicted molar refractivity (Wildman–Crippen MR) is 61.0 cm³/mol. The van der Waals surface area contributed by atoms with Gasteiger partial charge in [0.25, 0.3) is 0 Å². The maximum Gasteiger partial charge on any atom is 0.376 e. The lowest BCUT2D eigenvalue weighted by atomic mass is 10.3. The van der Waals surface area contributed by atoms with E-state index in [1.807, 2.05) is 0 Å². The summed E-state index contributed by atoms with van der Waals surface area (Å²) in [7, 11) is 0. The Morgan fingerprint density at radius 1 is 1.47 bits per heavy atom. The Balaban J connectivity index is 2.90. The summed E-state index contributed by atoms with van der Waals surface area (Å²) in [6.07, 6.45) is 1.55. The molecule has 0 spiro atoms. The van der Waals surface area contributed by atoms with Crippen LogP contribution >= 0.6 is 0 Å². The molecule has 92 valence electrons. The van der Waals surface area contributed by atoms with Gasteiger partial charge in [-0.05, 0) is 12.1 Å². The molecule has 5 nitrogen and oxygen atoms in total. The van der Waals surface area contributed by atoms with Crippen LogP contribution in [0.1, 0.15) is 6.92 Å². The third-order valence-electron chi connectivity index (χ3n) is 1.91. The summed E-state index contributed by atoms with van der Waals surface area (Å²) in [5, 5.41) is 18.2. The molecule has 0 bridgehead atoms. The zero-order valence-electron chi connectivity index (χ0n) is 9.42. The minimum atomic E-state index is -2.30. The molecular weight excluding hydrogens is 224 g/mol. The molecular formula is C12H14O5. The van der Waals surface area contributed by atoms with Gasteiger partial charge in [0.2, 0.25) is 0 Å². The van der Waals surface area contributed by atoms with Gasteiger partial charge in [-0.15, -0.1) is 0 Å². The molecule has 1 unspecified atom stereocenters. The number of ether oxygens (including phenoxy) is 2. The van der Waals surface area contributed by atoms with Crippen molar-refractivity contribution < 1.29 is 24.5 Å². The highest BCUT2D eigenvalue weighted by Crippen LogP contribution is 2.29. The first-order valence-corrected chi connectivity index (χ1v) is 4.95. The van der Waals surface area contributed by atoms with E-state index in [2.05, 4.69) is 6.58 Å². The molecule has 0 aliphatic rings. The number of benzene rings is 1. The van der Waals surface area contributed by atoms with Crippen LogP contribution in [0.5, 0.6) is 11.5 Å². The molecule has 5 heteroatoms. The second-order valence-electron chi connectivity index (χ2n) is 3.44. The number of rotatable bonds is 6. The summed E-state index contributed by atoms with van der Waals surface area (Å²) in [4.78, 5) is 10.7. The maximum atomic E-state index is 10.7. The average Bonchev–Trinajstić information content (AvgIpc) is 2.27. The van der Waals surface area contributed by atoms with Crippen molar-refractivity contribution >= 4 is 5.97 Å². The molecule has 0 saturated heterocycles. The number of carbonyl (C=O) groups is 1. The minimum Gasteiger partial charge on any atom is -0.486 e. The number of hydrogen-bond donors (Lipinski definition) is 2. The molecule has 0 saturated carbocycles. The molecule has 1 rings (SSSR count). The van der Waals surface area contributed by atoms with Gasteiger partial charge in [0.15, 0.2) is 11.5 Å². The van der Waals surface area contributed by atoms with E-state index in [4.69, 9.17) is 14.6 Å². The number of carboxylic acid groups (broad SMARTS) is 1. The van der Waals surface area contributed by atoms with E-state index in [0.29, 0.717) is 5.75 Å². The number of para-hydroxylation sites is 2. The number of aliphatic carboxylic acids is 1. The van der Waals surface area contributed by atoms with Crippen molar-refractivity contribution in [2.45, 2.75) is 12.7 Å².